The summed E-state index contributed by atoms with van der Waals surface area (Å²) in [6.45, 7) is 0. The zero-order valence-electron chi connectivity index (χ0n) is 8.66. The van der Waals surface area contributed by atoms with Crippen LogP contribution >= 0.6 is 0 Å². The van der Waals surface area contributed by atoms with Crippen LogP contribution in [0, 0.1) is 0 Å². The van der Waals surface area contributed by atoms with Gasteiger partial charge in [0.05, 0.1) is 0 Å². The summed E-state index contributed by atoms with van der Waals surface area (Å²) in [7, 11) is 2.25. The molecular weight excluding hydrogens is 247 g/mol. The standard InChI is InChI=1S/C5H5.3CH3O.CH3.Zr/c1-2-4-5-3-1;3*1-2;;/h1-3H,4H2;3*1H3;1H3;/q;3*-1;;+3. The summed E-state index contributed by atoms with van der Waals surface area (Å²) < 4.78 is 4.09. The van der Waals surface area contributed by atoms with Crippen molar-refractivity contribution in [3.05, 3.63) is 21.5 Å². The summed E-state index contributed by atoms with van der Waals surface area (Å²) in [4.78, 5) is 0. The quantitative estimate of drug-likeness (QED) is 0.603. The Hall–Kier alpha value is 0.243. The topological polar surface area (TPSA) is 69.2 Å². The van der Waals surface area contributed by atoms with E-state index in [1.165, 1.54) is 6.42 Å². The maximum absolute atomic E-state index is 8.25. The van der Waals surface area contributed by atoms with Crippen molar-refractivity contribution in [3.63, 3.8) is 0 Å². The van der Waals surface area contributed by atoms with Crippen LogP contribution in [-0.2, 0) is 23.2 Å². The monoisotopic (exact) mass is 263 g/mol. The molecule has 0 saturated carbocycles. The van der Waals surface area contributed by atoms with Crippen LogP contribution in [0.4, 0.5) is 0 Å². The molecular formula is C9H17O3Zr. The van der Waals surface area contributed by atoms with Gasteiger partial charge in [-0.05, 0) is 0 Å². The summed E-state index contributed by atoms with van der Waals surface area (Å²) in [6.07, 6.45) is 7.94. The van der Waals surface area contributed by atoms with Gasteiger partial charge in [-0.15, -0.1) is 0 Å². The van der Waals surface area contributed by atoms with E-state index in [4.69, 9.17) is 15.3 Å². The van der Waals surface area contributed by atoms with Crippen molar-refractivity contribution < 1.29 is 38.6 Å². The second-order valence-corrected chi connectivity index (χ2v) is 4.38. The van der Waals surface area contributed by atoms with Gasteiger partial charge in [0, 0.05) is 0 Å². The normalized spacial score (nSPS) is 10.2. The van der Waals surface area contributed by atoms with Gasteiger partial charge in [0.15, 0.2) is 0 Å². The Bertz CT molecular complexity index is 122. The first-order valence-electron chi connectivity index (χ1n) is 3.69. The second kappa shape index (κ2) is 22.8. The van der Waals surface area contributed by atoms with Gasteiger partial charge < -0.3 is 15.3 Å². The molecule has 75 valence electrons. The molecule has 0 aliphatic heterocycles. The zero-order valence-corrected chi connectivity index (χ0v) is 11.1. The molecule has 0 unspecified atom stereocenters. The Labute approximate surface area is 92.4 Å². The van der Waals surface area contributed by atoms with Gasteiger partial charge in [-0.25, -0.2) is 0 Å². The van der Waals surface area contributed by atoms with Crippen LogP contribution in [0.3, 0.4) is 0 Å². The average molecular weight is 264 g/mol. The van der Waals surface area contributed by atoms with E-state index in [-0.39, 0.29) is 23.2 Å². The molecule has 3 nitrogen and oxygen atoms in total. The minimum atomic E-state index is -0.0408. The van der Waals surface area contributed by atoms with Crippen LogP contribution in [0.5, 0.6) is 0 Å². The van der Waals surface area contributed by atoms with E-state index in [2.05, 4.69) is 22.9 Å². The molecule has 0 aromatic carbocycles. The van der Waals surface area contributed by atoms with Crippen molar-refractivity contribution >= 4 is 0 Å². The van der Waals surface area contributed by atoms with Crippen LogP contribution in [0.1, 0.15) is 6.42 Å². The molecule has 0 radical (unpaired) electrons. The molecule has 0 amide bonds. The van der Waals surface area contributed by atoms with Crippen molar-refractivity contribution in [1.29, 1.82) is 0 Å². The first-order chi connectivity index (χ1) is 6.43. The third-order valence-electron chi connectivity index (χ3n) is 1.09. The molecule has 4 heteroatoms. The van der Waals surface area contributed by atoms with Crippen molar-refractivity contribution in [2.75, 3.05) is 21.3 Å². The summed E-state index contributed by atoms with van der Waals surface area (Å²) >= 11 is -0.0408. The molecule has 0 aromatic rings. The van der Waals surface area contributed by atoms with Gasteiger partial charge in [0.2, 0.25) is 0 Å². The number of allylic oxidation sites excluding steroid dienone is 4. The predicted octanol–water partition coefficient (Wildman–Crippen LogP) is -1.11. The molecule has 0 heterocycles. The van der Waals surface area contributed by atoms with E-state index < -0.39 is 0 Å². The van der Waals surface area contributed by atoms with E-state index >= 15 is 0 Å². The van der Waals surface area contributed by atoms with E-state index in [1.807, 2.05) is 0 Å². The predicted molar refractivity (Wildman–Crippen MR) is 45.5 cm³/mol. The Morgan fingerprint density at radius 2 is 1.54 bits per heavy atom. The van der Waals surface area contributed by atoms with Gasteiger partial charge in [0.1, 0.15) is 0 Å². The minimum absolute atomic E-state index is 0.0408. The summed E-state index contributed by atoms with van der Waals surface area (Å²) in [5, 5.41) is 24.8. The Kier molecular flexibility index (Phi) is 33.1. The third kappa shape index (κ3) is 15.0. The Balaban J connectivity index is -0.000000144. The fourth-order valence-corrected chi connectivity index (χ4v) is 2.07. The SMILES string of the molecule is C[O-].C[O-].C[O-].[CH3][Zr+3][C]1=CC=CC1. The van der Waals surface area contributed by atoms with Crippen LogP contribution in [-0.4, -0.2) is 21.3 Å². The molecule has 1 aliphatic rings. The van der Waals surface area contributed by atoms with Crippen LogP contribution in [0.25, 0.3) is 0 Å². The van der Waals surface area contributed by atoms with E-state index in [0.717, 1.165) is 21.3 Å². The van der Waals surface area contributed by atoms with Crippen LogP contribution in [0.15, 0.2) is 21.5 Å². The molecule has 0 fully saturated rings. The summed E-state index contributed by atoms with van der Waals surface area (Å²) in [6, 6.07) is 0. The van der Waals surface area contributed by atoms with Crippen molar-refractivity contribution in [2.24, 2.45) is 0 Å². The first-order valence-corrected chi connectivity index (χ1v) is 7.38. The fourth-order valence-electron chi connectivity index (χ4n) is 0.633. The van der Waals surface area contributed by atoms with Gasteiger partial charge in [0.25, 0.3) is 0 Å². The van der Waals surface area contributed by atoms with Gasteiger partial charge >= 0.3 is 55.8 Å². The number of hydrogen-bond donors (Lipinski definition) is 0. The van der Waals surface area contributed by atoms with E-state index in [9.17, 15) is 0 Å². The molecule has 1 rings (SSSR count). The van der Waals surface area contributed by atoms with Crippen LogP contribution < -0.4 is 15.3 Å². The second-order valence-electron chi connectivity index (χ2n) is 1.57. The molecule has 1 aliphatic carbocycles. The van der Waals surface area contributed by atoms with Gasteiger partial charge in [-0.3, -0.25) is 0 Å². The van der Waals surface area contributed by atoms with Crippen molar-refractivity contribution in [1.82, 2.24) is 0 Å². The molecule has 0 saturated heterocycles. The Morgan fingerprint density at radius 1 is 1.08 bits per heavy atom. The summed E-state index contributed by atoms with van der Waals surface area (Å²) in [5.41, 5.74) is 0. The summed E-state index contributed by atoms with van der Waals surface area (Å²) in [5.74, 6) is 0. The van der Waals surface area contributed by atoms with Crippen molar-refractivity contribution in [3.8, 4) is 0 Å². The molecule has 0 aromatic heterocycles. The average Bonchev–Trinajstić information content (AvgIpc) is 2.79. The first kappa shape index (κ1) is 18.9. The molecule has 0 atom stereocenters. The fraction of sp³-hybridized carbons (Fsp3) is 0.556. The van der Waals surface area contributed by atoms with E-state index in [0.29, 0.717) is 0 Å². The van der Waals surface area contributed by atoms with E-state index in [1.54, 1.807) is 3.28 Å². The van der Waals surface area contributed by atoms with Gasteiger partial charge in [-0.2, -0.15) is 21.3 Å². The number of rotatable bonds is 1. The molecule has 0 spiro atoms. The van der Waals surface area contributed by atoms with Gasteiger partial charge in [-0.1, -0.05) is 0 Å². The molecule has 0 bridgehead atoms. The number of hydrogen-bond acceptors (Lipinski definition) is 3. The zero-order chi connectivity index (χ0) is 11.1. The van der Waals surface area contributed by atoms with Crippen molar-refractivity contribution in [2.45, 2.75) is 11.1 Å². The molecule has 13 heavy (non-hydrogen) atoms. The maximum atomic E-state index is 8.25. The third-order valence-corrected chi connectivity index (χ3v) is 3.58. The molecule has 0 N–H and O–H groups in total. The van der Waals surface area contributed by atoms with Crippen LogP contribution in [0.2, 0.25) is 4.63 Å². The Morgan fingerprint density at radius 3 is 1.69 bits per heavy atom.